The molecule has 2 N–H and O–H groups in total. The lowest BCUT2D eigenvalue weighted by Crippen LogP contribution is -2.40. The average Bonchev–Trinajstić information content (AvgIpc) is 2.79. The summed E-state index contributed by atoms with van der Waals surface area (Å²) >= 11 is 0. The van der Waals surface area contributed by atoms with E-state index in [0.717, 1.165) is 16.5 Å². The van der Waals surface area contributed by atoms with Crippen molar-refractivity contribution in [3.8, 4) is 0 Å². The van der Waals surface area contributed by atoms with Crippen molar-refractivity contribution in [3.63, 3.8) is 0 Å². The number of nitrogens with one attached hydrogen (secondary N) is 2. The summed E-state index contributed by atoms with van der Waals surface area (Å²) in [6.45, 7) is 5.84. The van der Waals surface area contributed by atoms with E-state index in [4.69, 9.17) is 4.74 Å². The molecule has 4 nitrogen and oxygen atoms in total. The Kier molecular flexibility index (Phi) is 4.75. The molecule has 0 aliphatic carbocycles. The molecule has 0 aliphatic rings. The van der Waals surface area contributed by atoms with Crippen LogP contribution in [-0.4, -0.2) is 29.4 Å². The van der Waals surface area contributed by atoms with E-state index in [2.05, 4.69) is 10.3 Å². The van der Waals surface area contributed by atoms with Crippen LogP contribution in [0.3, 0.4) is 0 Å². The molecule has 0 amide bonds. The minimum absolute atomic E-state index is 0.131. The molecule has 2 rings (SSSR count). The molecule has 0 unspecified atom stereocenters. The highest BCUT2D eigenvalue weighted by atomic mass is 19.1. The largest absolute Gasteiger partial charge is 0.361 e. The van der Waals surface area contributed by atoms with Gasteiger partial charge in [-0.2, -0.15) is 4.39 Å². The summed E-state index contributed by atoms with van der Waals surface area (Å²) in [5.74, 6) is 0. The number of benzene rings is 1. The SMILES string of the molecule is CC(C)(C)OCN[C@@H](Cc1c[nH]c2ccccc12)C(=O)F. The summed E-state index contributed by atoms with van der Waals surface area (Å²) in [6.07, 6.45) is 2.10. The molecule has 114 valence electrons. The van der Waals surface area contributed by atoms with Crippen LogP contribution < -0.4 is 5.32 Å². The third kappa shape index (κ3) is 4.37. The van der Waals surface area contributed by atoms with E-state index in [-0.39, 0.29) is 18.8 Å². The van der Waals surface area contributed by atoms with Crippen molar-refractivity contribution in [1.29, 1.82) is 0 Å². The average molecular weight is 292 g/mol. The third-order valence-corrected chi connectivity index (χ3v) is 3.21. The molecule has 1 heterocycles. The Bertz CT molecular complexity index is 616. The second-order valence-corrected chi connectivity index (χ2v) is 6.03. The lowest BCUT2D eigenvalue weighted by molar-refractivity contribution is -0.132. The van der Waals surface area contributed by atoms with Crippen LogP contribution in [0.5, 0.6) is 0 Å². The number of fused-ring (bicyclic) bond motifs is 1. The Hall–Kier alpha value is -1.72. The molecule has 5 heteroatoms. The van der Waals surface area contributed by atoms with Gasteiger partial charge in [-0.05, 0) is 38.8 Å². The molecule has 0 aliphatic heterocycles. The quantitative estimate of drug-likeness (QED) is 0.636. The van der Waals surface area contributed by atoms with Crippen LogP contribution >= 0.6 is 0 Å². The maximum atomic E-state index is 13.2. The van der Waals surface area contributed by atoms with Crippen molar-refractivity contribution in [3.05, 3.63) is 36.0 Å². The number of hydrogen-bond donors (Lipinski definition) is 2. The van der Waals surface area contributed by atoms with Crippen LogP contribution in [0.2, 0.25) is 0 Å². The van der Waals surface area contributed by atoms with E-state index in [1.54, 1.807) is 0 Å². The van der Waals surface area contributed by atoms with E-state index >= 15 is 0 Å². The van der Waals surface area contributed by atoms with Crippen molar-refractivity contribution in [2.75, 3.05) is 6.73 Å². The summed E-state index contributed by atoms with van der Waals surface area (Å²) in [5, 5.41) is 3.82. The Morgan fingerprint density at radius 3 is 2.76 bits per heavy atom. The first-order chi connectivity index (χ1) is 9.87. The monoisotopic (exact) mass is 292 g/mol. The highest BCUT2D eigenvalue weighted by Gasteiger charge is 2.20. The van der Waals surface area contributed by atoms with Gasteiger partial charge in [-0.15, -0.1) is 0 Å². The van der Waals surface area contributed by atoms with Gasteiger partial charge in [0.05, 0.1) is 12.3 Å². The van der Waals surface area contributed by atoms with Crippen molar-refractivity contribution < 1.29 is 13.9 Å². The van der Waals surface area contributed by atoms with Crippen LogP contribution in [0.4, 0.5) is 4.39 Å². The number of hydrogen-bond acceptors (Lipinski definition) is 3. The zero-order valence-electron chi connectivity index (χ0n) is 12.6. The van der Waals surface area contributed by atoms with Crippen LogP contribution in [-0.2, 0) is 16.0 Å². The maximum absolute atomic E-state index is 13.2. The van der Waals surface area contributed by atoms with Gasteiger partial charge in [0, 0.05) is 17.1 Å². The number of carbonyl (C=O) groups excluding carboxylic acids is 1. The second-order valence-electron chi connectivity index (χ2n) is 6.03. The predicted molar refractivity (Wildman–Crippen MR) is 80.7 cm³/mol. The Morgan fingerprint density at radius 1 is 1.38 bits per heavy atom. The van der Waals surface area contributed by atoms with Gasteiger partial charge in [0.2, 0.25) is 0 Å². The van der Waals surface area contributed by atoms with Gasteiger partial charge in [0.1, 0.15) is 6.04 Å². The van der Waals surface area contributed by atoms with Gasteiger partial charge < -0.3 is 9.72 Å². The standard InChI is InChI=1S/C16H21FN2O2/c1-16(2,3)21-10-19-14(15(17)20)8-11-9-18-13-7-5-4-6-12(11)13/h4-7,9,14,18-19H,8,10H2,1-3H3/t14-/m0/s1. The Morgan fingerprint density at radius 2 is 2.10 bits per heavy atom. The second kappa shape index (κ2) is 6.37. The van der Waals surface area contributed by atoms with Gasteiger partial charge in [-0.25, -0.2) is 0 Å². The normalized spacial score (nSPS) is 13.5. The minimum atomic E-state index is -1.38. The van der Waals surface area contributed by atoms with Gasteiger partial charge in [0.25, 0.3) is 0 Å². The molecule has 0 spiro atoms. The molecule has 2 aromatic rings. The van der Waals surface area contributed by atoms with Crippen LogP contribution in [0.15, 0.2) is 30.5 Å². The van der Waals surface area contributed by atoms with Crippen molar-refractivity contribution in [2.45, 2.75) is 38.8 Å². The molecular weight excluding hydrogens is 271 g/mol. The number of rotatable bonds is 6. The van der Waals surface area contributed by atoms with Gasteiger partial charge in [0.15, 0.2) is 0 Å². The summed E-state index contributed by atoms with van der Waals surface area (Å²) < 4.78 is 18.7. The molecule has 0 bridgehead atoms. The number of aromatic amines is 1. The predicted octanol–water partition coefficient (Wildman–Crippen LogP) is 2.94. The zero-order valence-corrected chi connectivity index (χ0v) is 12.6. The summed E-state index contributed by atoms with van der Waals surface area (Å²) in [4.78, 5) is 14.3. The Labute approximate surface area is 123 Å². The van der Waals surface area contributed by atoms with Gasteiger partial charge in [-0.3, -0.25) is 10.1 Å². The molecule has 0 fully saturated rings. The van der Waals surface area contributed by atoms with E-state index < -0.39 is 12.1 Å². The molecule has 0 radical (unpaired) electrons. The van der Waals surface area contributed by atoms with E-state index in [1.807, 2.05) is 51.2 Å². The summed E-state index contributed by atoms with van der Waals surface area (Å²) in [5.41, 5.74) is 1.55. The van der Waals surface area contributed by atoms with Crippen LogP contribution in [0.1, 0.15) is 26.3 Å². The fourth-order valence-corrected chi connectivity index (χ4v) is 2.11. The zero-order chi connectivity index (χ0) is 15.5. The molecule has 0 saturated carbocycles. The van der Waals surface area contributed by atoms with E-state index in [9.17, 15) is 9.18 Å². The lowest BCUT2D eigenvalue weighted by Gasteiger charge is -2.21. The summed E-state index contributed by atoms with van der Waals surface area (Å²) in [7, 11) is 0. The number of halogens is 1. The number of para-hydroxylation sites is 1. The Balaban J connectivity index is 2.04. The fourth-order valence-electron chi connectivity index (χ4n) is 2.11. The van der Waals surface area contributed by atoms with Crippen molar-refractivity contribution in [2.24, 2.45) is 0 Å². The minimum Gasteiger partial charge on any atom is -0.361 e. The molecule has 0 saturated heterocycles. The number of aromatic nitrogens is 1. The van der Waals surface area contributed by atoms with E-state index in [1.165, 1.54) is 0 Å². The first kappa shape index (κ1) is 15.7. The van der Waals surface area contributed by atoms with E-state index in [0.29, 0.717) is 0 Å². The number of ether oxygens (including phenoxy) is 1. The number of carbonyl (C=O) groups is 1. The molecule has 1 aromatic carbocycles. The van der Waals surface area contributed by atoms with Crippen LogP contribution in [0, 0.1) is 0 Å². The highest BCUT2D eigenvalue weighted by Crippen LogP contribution is 2.19. The van der Waals surface area contributed by atoms with Crippen LogP contribution in [0.25, 0.3) is 10.9 Å². The maximum Gasteiger partial charge on any atom is 0.318 e. The fraction of sp³-hybridized carbons (Fsp3) is 0.438. The highest BCUT2D eigenvalue weighted by molar-refractivity contribution is 5.84. The van der Waals surface area contributed by atoms with Gasteiger partial charge >= 0.3 is 6.04 Å². The lowest BCUT2D eigenvalue weighted by atomic mass is 10.1. The molecular formula is C16H21FN2O2. The molecule has 1 aromatic heterocycles. The molecule has 21 heavy (non-hydrogen) atoms. The van der Waals surface area contributed by atoms with Gasteiger partial charge in [-0.1, -0.05) is 18.2 Å². The van der Waals surface area contributed by atoms with Crippen molar-refractivity contribution in [1.82, 2.24) is 10.3 Å². The molecule has 1 atom stereocenters. The summed E-state index contributed by atoms with van der Waals surface area (Å²) in [6, 6.07) is 5.47. The number of H-pyrrole nitrogens is 1. The first-order valence-corrected chi connectivity index (χ1v) is 6.98. The first-order valence-electron chi connectivity index (χ1n) is 6.98. The topological polar surface area (TPSA) is 54.1 Å². The smallest absolute Gasteiger partial charge is 0.318 e. The third-order valence-electron chi connectivity index (χ3n) is 3.21. The van der Waals surface area contributed by atoms with Crippen molar-refractivity contribution >= 4 is 16.9 Å².